The average Bonchev–Trinajstić information content (AvgIpc) is 2.93. The predicted molar refractivity (Wildman–Crippen MR) is 91.0 cm³/mol. The number of aromatic nitrogens is 1. The number of benzene rings is 1. The summed E-state index contributed by atoms with van der Waals surface area (Å²) in [6.07, 6.45) is 2.05. The number of hydrogen-bond acceptors (Lipinski definition) is 5. The van der Waals surface area contributed by atoms with Crippen LogP contribution in [0.25, 0.3) is 0 Å². The average molecular weight is 332 g/mol. The summed E-state index contributed by atoms with van der Waals surface area (Å²) >= 11 is 1.13. The van der Waals surface area contributed by atoms with Crippen LogP contribution in [0, 0.1) is 6.92 Å². The molecule has 0 atom stereocenters. The van der Waals surface area contributed by atoms with Crippen molar-refractivity contribution in [1.29, 1.82) is 0 Å². The monoisotopic (exact) mass is 332 g/mol. The molecule has 0 aliphatic carbocycles. The van der Waals surface area contributed by atoms with Crippen molar-refractivity contribution in [2.45, 2.75) is 33.1 Å². The fourth-order valence-electron chi connectivity index (χ4n) is 2.11. The molecule has 0 fully saturated rings. The van der Waals surface area contributed by atoms with Crippen LogP contribution in [-0.2, 0) is 22.4 Å². The molecule has 0 aliphatic heterocycles. The zero-order valence-electron chi connectivity index (χ0n) is 13.5. The third-order valence-electron chi connectivity index (χ3n) is 3.49. The van der Waals surface area contributed by atoms with Gasteiger partial charge in [0.05, 0.1) is 12.8 Å². The van der Waals surface area contributed by atoms with Gasteiger partial charge in [0.2, 0.25) is 5.91 Å². The Morgan fingerprint density at radius 3 is 2.48 bits per heavy atom. The maximum atomic E-state index is 12.0. The van der Waals surface area contributed by atoms with E-state index in [9.17, 15) is 9.59 Å². The number of rotatable bonds is 6. The quantitative estimate of drug-likeness (QED) is 0.824. The van der Waals surface area contributed by atoms with E-state index in [1.54, 1.807) is 6.92 Å². The van der Waals surface area contributed by atoms with Gasteiger partial charge < -0.3 is 10.1 Å². The number of esters is 1. The Kier molecular flexibility index (Phi) is 5.87. The number of aryl methyl sites for hydroxylation is 3. The summed E-state index contributed by atoms with van der Waals surface area (Å²) in [5, 5.41) is 3.16. The molecular formula is C17H20N2O3S. The highest BCUT2D eigenvalue weighted by Gasteiger charge is 2.16. The number of carbonyl (C=O) groups is 2. The summed E-state index contributed by atoms with van der Waals surface area (Å²) in [4.78, 5) is 28.1. The molecule has 0 radical (unpaired) electrons. The number of nitrogens with zero attached hydrogens (tertiary/aromatic N) is 1. The van der Waals surface area contributed by atoms with E-state index in [1.165, 1.54) is 12.7 Å². The zero-order chi connectivity index (χ0) is 16.8. The van der Waals surface area contributed by atoms with Gasteiger partial charge in [0.25, 0.3) is 0 Å². The minimum atomic E-state index is -0.434. The minimum absolute atomic E-state index is 0.116. The smallest absolute Gasteiger partial charge is 0.350 e. The molecule has 0 saturated heterocycles. The lowest BCUT2D eigenvalue weighted by molar-refractivity contribution is -0.116. The van der Waals surface area contributed by atoms with Crippen molar-refractivity contribution in [2.24, 2.45) is 0 Å². The predicted octanol–water partition coefficient (Wildman–Crippen LogP) is 3.37. The van der Waals surface area contributed by atoms with Crippen molar-refractivity contribution < 1.29 is 14.3 Å². The molecule has 2 rings (SSSR count). The highest BCUT2D eigenvalue weighted by atomic mass is 32.1. The van der Waals surface area contributed by atoms with Gasteiger partial charge in [-0.1, -0.05) is 42.5 Å². The molecule has 1 aromatic carbocycles. The number of anilines is 1. The molecule has 122 valence electrons. The Bertz CT molecular complexity index is 692. The van der Waals surface area contributed by atoms with Crippen molar-refractivity contribution in [1.82, 2.24) is 4.98 Å². The van der Waals surface area contributed by atoms with Gasteiger partial charge in [-0.3, -0.25) is 4.79 Å². The van der Waals surface area contributed by atoms with Crippen LogP contribution in [0.2, 0.25) is 0 Å². The fraction of sp³-hybridized carbons (Fsp3) is 0.353. The first-order chi connectivity index (χ1) is 11.0. The van der Waals surface area contributed by atoms with E-state index < -0.39 is 5.97 Å². The largest absolute Gasteiger partial charge is 0.465 e. The molecule has 1 N–H and O–H groups in total. The van der Waals surface area contributed by atoms with Crippen molar-refractivity contribution in [2.75, 3.05) is 12.4 Å². The molecule has 1 aromatic heterocycles. The van der Waals surface area contributed by atoms with Gasteiger partial charge in [0, 0.05) is 6.42 Å². The summed E-state index contributed by atoms with van der Waals surface area (Å²) in [5.41, 5.74) is 2.97. The molecule has 2 aromatic rings. The molecule has 0 aliphatic rings. The highest BCUT2D eigenvalue weighted by molar-refractivity contribution is 7.17. The normalized spacial score (nSPS) is 10.4. The van der Waals surface area contributed by atoms with E-state index in [0.29, 0.717) is 28.5 Å². The molecule has 6 heteroatoms. The topological polar surface area (TPSA) is 68.3 Å². The van der Waals surface area contributed by atoms with Crippen LogP contribution < -0.4 is 5.32 Å². The number of ether oxygens (including phenoxy) is 1. The van der Waals surface area contributed by atoms with Crippen LogP contribution >= 0.6 is 11.3 Å². The zero-order valence-corrected chi connectivity index (χ0v) is 14.3. The summed E-state index contributed by atoms with van der Waals surface area (Å²) in [7, 11) is 1.32. The van der Waals surface area contributed by atoms with E-state index >= 15 is 0 Å². The summed E-state index contributed by atoms with van der Waals surface area (Å²) in [6, 6.07) is 8.27. The van der Waals surface area contributed by atoms with Gasteiger partial charge in [-0.05, 0) is 30.9 Å². The molecular weight excluding hydrogens is 312 g/mol. The van der Waals surface area contributed by atoms with Crippen LogP contribution in [0.3, 0.4) is 0 Å². The first-order valence-corrected chi connectivity index (χ1v) is 8.28. The van der Waals surface area contributed by atoms with Crippen molar-refractivity contribution in [3.8, 4) is 0 Å². The number of nitrogens with one attached hydrogen (secondary N) is 1. The second-order valence-corrected chi connectivity index (χ2v) is 6.14. The van der Waals surface area contributed by atoms with E-state index in [4.69, 9.17) is 0 Å². The molecule has 0 saturated carbocycles. The lowest BCUT2D eigenvalue weighted by atomic mass is 10.1. The number of amides is 1. The second-order valence-electron chi connectivity index (χ2n) is 5.14. The number of carbonyl (C=O) groups excluding carboxylic acids is 2. The molecule has 1 heterocycles. The van der Waals surface area contributed by atoms with Crippen molar-refractivity contribution in [3.63, 3.8) is 0 Å². The van der Waals surface area contributed by atoms with Crippen LogP contribution in [0.1, 0.15) is 39.8 Å². The van der Waals surface area contributed by atoms with Gasteiger partial charge in [0.1, 0.15) is 4.88 Å². The minimum Gasteiger partial charge on any atom is -0.465 e. The van der Waals surface area contributed by atoms with Crippen LogP contribution in [0.5, 0.6) is 0 Å². The van der Waals surface area contributed by atoms with E-state index in [0.717, 1.165) is 23.3 Å². The lowest BCUT2D eigenvalue weighted by Gasteiger charge is -2.03. The van der Waals surface area contributed by atoms with E-state index in [2.05, 4.69) is 46.2 Å². The Morgan fingerprint density at radius 2 is 1.87 bits per heavy atom. The first-order valence-electron chi connectivity index (χ1n) is 7.47. The Hall–Kier alpha value is -2.21. The van der Waals surface area contributed by atoms with Crippen LogP contribution in [-0.4, -0.2) is 24.0 Å². The maximum Gasteiger partial charge on any atom is 0.350 e. The fourth-order valence-corrected chi connectivity index (χ4v) is 3.01. The van der Waals surface area contributed by atoms with Gasteiger partial charge in [0.15, 0.2) is 5.13 Å². The van der Waals surface area contributed by atoms with E-state index in [-0.39, 0.29) is 5.91 Å². The summed E-state index contributed by atoms with van der Waals surface area (Å²) < 4.78 is 4.68. The third kappa shape index (κ3) is 4.63. The number of hydrogen-bond donors (Lipinski definition) is 1. The van der Waals surface area contributed by atoms with Gasteiger partial charge in [-0.2, -0.15) is 0 Å². The van der Waals surface area contributed by atoms with Gasteiger partial charge in [-0.25, -0.2) is 9.78 Å². The second kappa shape index (κ2) is 7.87. The molecule has 23 heavy (non-hydrogen) atoms. The van der Waals surface area contributed by atoms with Gasteiger partial charge in [-0.15, -0.1) is 0 Å². The van der Waals surface area contributed by atoms with E-state index in [1.807, 2.05) is 0 Å². The third-order valence-corrected chi connectivity index (χ3v) is 4.54. The first kappa shape index (κ1) is 17.1. The maximum absolute atomic E-state index is 12.0. The van der Waals surface area contributed by atoms with Crippen LogP contribution in [0.4, 0.5) is 5.13 Å². The number of methoxy groups -OCH3 is 1. The Morgan fingerprint density at radius 1 is 1.22 bits per heavy atom. The number of thiazole rings is 1. The SMILES string of the molecule is CCc1ccc(CCC(=O)Nc2nc(C)c(C(=O)OC)s2)cc1. The molecule has 1 amide bonds. The highest BCUT2D eigenvalue weighted by Crippen LogP contribution is 2.23. The molecule has 5 nitrogen and oxygen atoms in total. The van der Waals surface area contributed by atoms with Crippen molar-refractivity contribution in [3.05, 3.63) is 46.0 Å². The standard InChI is InChI=1S/C17H20N2O3S/c1-4-12-5-7-13(8-6-12)9-10-14(20)19-17-18-11(2)15(23-17)16(21)22-3/h5-8H,4,9-10H2,1-3H3,(H,18,19,20). The molecule has 0 unspecified atom stereocenters. The Balaban J connectivity index is 1.90. The molecule has 0 spiro atoms. The molecule has 0 bridgehead atoms. The van der Waals surface area contributed by atoms with Crippen LogP contribution in [0.15, 0.2) is 24.3 Å². The summed E-state index contributed by atoms with van der Waals surface area (Å²) in [5.74, 6) is -0.550. The summed E-state index contributed by atoms with van der Waals surface area (Å²) in [6.45, 7) is 3.83. The van der Waals surface area contributed by atoms with Crippen molar-refractivity contribution >= 4 is 28.3 Å². The Labute approximate surface area is 139 Å². The lowest BCUT2D eigenvalue weighted by Crippen LogP contribution is -2.12. The van der Waals surface area contributed by atoms with Gasteiger partial charge >= 0.3 is 5.97 Å².